The number of anilines is 2. The lowest BCUT2D eigenvalue weighted by Gasteiger charge is -2.31. The molecule has 2 aliphatic heterocycles. The highest BCUT2D eigenvalue weighted by molar-refractivity contribution is 5.94. The highest BCUT2D eigenvalue weighted by atomic mass is 16.5. The number of rotatable bonds is 8. The van der Waals surface area contributed by atoms with Crippen molar-refractivity contribution in [3.05, 3.63) is 12.1 Å². The van der Waals surface area contributed by atoms with Gasteiger partial charge in [0.2, 0.25) is 5.91 Å². The average molecular weight is 420 g/mol. The van der Waals surface area contributed by atoms with Gasteiger partial charge in [-0.15, -0.1) is 0 Å². The fourth-order valence-electron chi connectivity index (χ4n) is 4.11. The van der Waals surface area contributed by atoms with E-state index in [2.05, 4.69) is 15.1 Å². The number of nitrogens with zero attached hydrogens (tertiary/aromatic N) is 2. The van der Waals surface area contributed by atoms with Crippen LogP contribution in [0, 0.1) is 0 Å². The summed E-state index contributed by atoms with van der Waals surface area (Å²) >= 11 is 0. The minimum Gasteiger partial charge on any atom is -0.492 e. The summed E-state index contributed by atoms with van der Waals surface area (Å²) in [6, 6.07) is 3.90. The summed E-state index contributed by atoms with van der Waals surface area (Å²) in [6.07, 6.45) is 6.16. The van der Waals surface area contributed by atoms with Gasteiger partial charge in [-0.25, -0.2) is 0 Å². The fraction of sp³-hybridized carbons (Fsp3) is 0.696. The van der Waals surface area contributed by atoms with Gasteiger partial charge < -0.3 is 24.4 Å². The van der Waals surface area contributed by atoms with Gasteiger partial charge >= 0.3 is 0 Å². The summed E-state index contributed by atoms with van der Waals surface area (Å²) in [7, 11) is 0. The molecular weight excluding hydrogens is 382 g/mol. The Labute approximate surface area is 180 Å². The molecule has 7 heteroatoms. The van der Waals surface area contributed by atoms with E-state index >= 15 is 0 Å². The van der Waals surface area contributed by atoms with E-state index < -0.39 is 0 Å². The first-order valence-corrected chi connectivity index (χ1v) is 11.5. The molecule has 168 valence electrons. The van der Waals surface area contributed by atoms with E-state index in [1.807, 2.05) is 26.0 Å². The lowest BCUT2D eigenvalue weighted by Crippen LogP contribution is -2.36. The summed E-state index contributed by atoms with van der Waals surface area (Å²) in [6.45, 7) is 10.4. The Balaban J connectivity index is 1.76. The van der Waals surface area contributed by atoms with E-state index in [9.17, 15) is 4.79 Å². The summed E-state index contributed by atoms with van der Waals surface area (Å²) in [5, 5.41) is 3.08. The summed E-state index contributed by atoms with van der Waals surface area (Å²) in [5.41, 5.74) is 1.67. The van der Waals surface area contributed by atoms with Crippen LogP contribution >= 0.6 is 0 Å². The molecule has 2 fully saturated rings. The van der Waals surface area contributed by atoms with E-state index in [1.54, 1.807) is 0 Å². The lowest BCUT2D eigenvalue weighted by atomic mass is 10.1. The van der Waals surface area contributed by atoms with Crippen LogP contribution in [0.2, 0.25) is 0 Å². The Bertz CT molecular complexity index is 669. The second-order valence-electron chi connectivity index (χ2n) is 7.87. The molecule has 1 N–H and O–H groups in total. The predicted octanol–water partition coefficient (Wildman–Crippen LogP) is 3.53. The fourth-order valence-corrected chi connectivity index (χ4v) is 4.11. The standard InChI is InChI=1S/C23H37N3O4/c1-3-29-21-17-20(26-12-14-28-15-13-26)22(30-4-2)16-19(21)24-23(27)18-25-10-8-6-5-7-9-11-25/h16-17H,3-15,18H2,1-2H3,(H,24,27). The van der Waals surface area contributed by atoms with Crippen molar-refractivity contribution < 1.29 is 19.0 Å². The molecule has 2 heterocycles. The van der Waals surface area contributed by atoms with Crippen molar-refractivity contribution >= 4 is 17.3 Å². The zero-order valence-electron chi connectivity index (χ0n) is 18.6. The van der Waals surface area contributed by atoms with E-state index in [1.165, 1.54) is 32.1 Å². The SMILES string of the molecule is CCOc1cc(N2CCOCC2)c(OCC)cc1NC(=O)CN1CCCCCCC1. The molecule has 0 aromatic heterocycles. The molecule has 0 atom stereocenters. The number of nitrogens with one attached hydrogen (secondary N) is 1. The third-order valence-electron chi connectivity index (χ3n) is 5.60. The van der Waals surface area contributed by atoms with Crippen LogP contribution in [0.15, 0.2) is 12.1 Å². The first-order chi connectivity index (χ1) is 14.7. The number of carbonyl (C=O) groups excluding carboxylic acids is 1. The molecule has 0 aliphatic carbocycles. The summed E-state index contributed by atoms with van der Waals surface area (Å²) in [5.74, 6) is 1.45. The molecule has 2 aliphatic rings. The van der Waals surface area contributed by atoms with Gasteiger partial charge in [0.1, 0.15) is 11.5 Å². The monoisotopic (exact) mass is 419 g/mol. The minimum atomic E-state index is -0.00176. The molecule has 0 saturated carbocycles. The molecule has 1 aromatic rings. The largest absolute Gasteiger partial charge is 0.492 e. The van der Waals surface area contributed by atoms with Gasteiger partial charge in [-0.1, -0.05) is 19.3 Å². The van der Waals surface area contributed by atoms with Gasteiger partial charge in [-0.3, -0.25) is 9.69 Å². The maximum atomic E-state index is 12.8. The molecule has 1 amide bonds. The highest BCUT2D eigenvalue weighted by Crippen LogP contribution is 2.39. The molecule has 0 spiro atoms. The molecule has 7 nitrogen and oxygen atoms in total. The van der Waals surface area contributed by atoms with Crippen LogP contribution in [0.5, 0.6) is 11.5 Å². The molecule has 2 saturated heterocycles. The number of morpholine rings is 1. The maximum absolute atomic E-state index is 12.8. The molecule has 0 radical (unpaired) electrons. The van der Waals surface area contributed by atoms with Crippen LogP contribution in [0.3, 0.4) is 0 Å². The third kappa shape index (κ3) is 6.51. The van der Waals surface area contributed by atoms with Crippen LogP contribution in [-0.4, -0.2) is 70.0 Å². The first-order valence-electron chi connectivity index (χ1n) is 11.5. The molecule has 1 aromatic carbocycles. The first kappa shape index (κ1) is 22.7. The lowest BCUT2D eigenvalue weighted by molar-refractivity contribution is -0.117. The van der Waals surface area contributed by atoms with E-state index in [4.69, 9.17) is 14.2 Å². The molecule has 30 heavy (non-hydrogen) atoms. The quantitative estimate of drug-likeness (QED) is 0.696. The van der Waals surface area contributed by atoms with Crippen LogP contribution in [0.4, 0.5) is 11.4 Å². The second kappa shape index (κ2) is 12.0. The van der Waals surface area contributed by atoms with Gasteiger partial charge in [-0.05, 0) is 39.8 Å². The van der Waals surface area contributed by atoms with Crippen LogP contribution in [-0.2, 0) is 9.53 Å². The van der Waals surface area contributed by atoms with Crippen LogP contribution in [0.25, 0.3) is 0 Å². The smallest absolute Gasteiger partial charge is 0.238 e. The van der Waals surface area contributed by atoms with Gasteiger partial charge in [0.05, 0.1) is 44.3 Å². The molecule has 0 unspecified atom stereocenters. The van der Waals surface area contributed by atoms with E-state index in [0.717, 1.165) is 37.6 Å². The molecular formula is C23H37N3O4. The zero-order valence-corrected chi connectivity index (χ0v) is 18.6. The number of amides is 1. The van der Waals surface area contributed by atoms with Gasteiger partial charge in [0, 0.05) is 25.2 Å². The number of likely N-dealkylation sites (tertiary alicyclic amines) is 1. The van der Waals surface area contributed by atoms with Crippen LogP contribution < -0.4 is 19.7 Å². The Morgan fingerprint density at radius 3 is 2.23 bits per heavy atom. The van der Waals surface area contributed by atoms with Gasteiger partial charge in [0.25, 0.3) is 0 Å². The van der Waals surface area contributed by atoms with E-state index in [-0.39, 0.29) is 5.91 Å². The number of benzene rings is 1. The van der Waals surface area contributed by atoms with Crippen molar-refractivity contribution in [2.24, 2.45) is 0 Å². The zero-order chi connectivity index (χ0) is 21.2. The minimum absolute atomic E-state index is 0.00176. The molecule has 0 bridgehead atoms. The maximum Gasteiger partial charge on any atom is 0.238 e. The van der Waals surface area contributed by atoms with Crippen molar-refractivity contribution in [3.63, 3.8) is 0 Å². The molecule has 3 rings (SSSR count). The van der Waals surface area contributed by atoms with Gasteiger partial charge in [-0.2, -0.15) is 0 Å². The van der Waals surface area contributed by atoms with Crippen molar-refractivity contribution in [2.45, 2.75) is 46.0 Å². The van der Waals surface area contributed by atoms with Gasteiger partial charge in [0.15, 0.2) is 0 Å². The topological polar surface area (TPSA) is 63.3 Å². The van der Waals surface area contributed by atoms with Crippen molar-refractivity contribution in [3.8, 4) is 11.5 Å². The number of carbonyl (C=O) groups is 1. The highest BCUT2D eigenvalue weighted by Gasteiger charge is 2.21. The number of hydrogen-bond donors (Lipinski definition) is 1. The average Bonchev–Trinajstić information content (AvgIpc) is 2.72. The van der Waals surface area contributed by atoms with Crippen molar-refractivity contribution in [1.82, 2.24) is 4.90 Å². The Hall–Kier alpha value is -1.99. The van der Waals surface area contributed by atoms with E-state index in [0.29, 0.717) is 44.4 Å². The Morgan fingerprint density at radius 1 is 0.933 bits per heavy atom. The summed E-state index contributed by atoms with van der Waals surface area (Å²) < 4.78 is 17.3. The predicted molar refractivity (Wildman–Crippen MR) is 120 cm³/mol. The Morgan fingerprint density at radius 2 is 1.57 bits per heavy atom. The van der Waals surface area contributed by atoms with Crippen molar-refractivity contribution in [2.75, 3.05) is 69.4 Å². The third-order valence-corrected chi connectivity index (χ3v) is 5.60. The summed E-state index contributed by atoms with van der Waals surface area (Å²) in [4.78, 5) is 17.3. The van der Waals surface area contributed by atoms with Crippen molar-refractivity contribution in [1.29, 1.82) is 0 Å². The Kier molecular flexibility index (Phi) is 9.08. The number of hydrogen-bond acceptors (Lipinski definition) is 6. The van der Waals surface area contributed by atoms with Crippen LogP contribution in [0.1, 0.15) is 46.0 Å². The second-order valence-corrected chi connectivity index (χ2v) is 7.87. The number of ether oxygens (including phenoxy) is 3. The normalized spacial score (nSPS) is 18.4.